The van der Waals surface area contributed by atoms with Crippen molar-refractivity contribution in [3.8, 4) is 0 Å². The summed E-state index contributed by atoms with van der Waals surface area (Å²) in [7, 11) is 0. The van der Waals surface area contributed by atoms with Crippen molar-refractivity contribution in [2.75, 3.05) is 12.4 Å². The van der Waals surface area contributed by atoms with Crippen LogP contribution >= 0.6 is 11.6 Å². The maximum Gasteiger partial charge on any atom is 0.228 e. The molecular weight excluding hydrogens is 210 g/mol. The van der Waals surface area contributed by atoms with Gasteiger partial charge in [-0.2, -0.15) is 0 Å². The Morgan fingerprint density at radius 3 is 2.33 bits per heavy atom. The molecule has 1 saturated carbocycles. The molecule has 1 amide bonds. The van der Waals surface area contributed by atoms with Crippen molar-refractivity contribution in [3.05, 3.63) is 0 Å². The first kappa shape index (κ1) is 12.8. The fraction of sp³-hybridized carbons (Fsp3) is 0.917. The molecule has 0 aliphatic heterocycles. The average molecular weight is 232 g/mol. The van der Waals surface area contributed by atoms with E-state index in [4.69, 9.17) is 11.6 Å². The molecule has 0 saturated heterocycles. The zero-order valence-electron chi connectivity index (χ0n) is 10.1. The molecule has 0 atom stereocenters. The summed E-state index contributed by atoms with van der Waals surface area (Å²) in [5.41, 5.74) is -0.115. The molecule has 0 aromatic rings. The van der Waals surface area contributed by atoms with Crippen LogP contribution in [0.5, 0.6) is 0 Å². The summed E-state index contributed by atoms with van der Waals surface area (Å²) in [5, 5.41) is 0. The molecule has 88 valence electrons. The Bertz CT molecular complexity index is 222. The van der Waals surface area contributed by atoms with E-state index in [1.54, 1.807) is 0 Å². The van der Waals surface area contributed by atoms with Crippen LogP contribution in [-0.2, 0) is 4.79 Å². The Hall–Kier alpha value is -0.240. The molecule has 0 radical (unpaired) electrons. The van der Waals surface area contributed by atoms with Crippen molar-refractivity contribution in [3.63, 3.8) is 0 Å². The van der Waals surface area contributed by atoms with Crippen LogP contribution in [0.15, 0.2) is 0 Å². The van der Waals surface area contributed by atoms with Gasteiger partial charge in [0.05, 0.1) is 0 Å². The molecule has 0 N–H and O–H groups in total. The maximum absolute atomic E-state index is 12.4. The Balaban J connectivity index is 2.70. The summed E-state index contributed by atoms with van der Waals surface area (Å²) < 4.78 is 0. The van der Waals surface area contributed by atoms with Gasteiger partial charge in [0.25, 0.3) is 0 Å². The summed E-state index contributed by atoms with van der Waals surface area (Å²) in [6.45, 7) is 6.89. The zero-order chi connectivity index (χ0) is 11.5. The summed E-state index contributed by atoms with van der Waals surface area (Å²) in [5.74, 6) is 0.829. The van der Waals surface area contributed by atoms with Crippen LogP contribution in [0.4, 0.5) is 0 Å². The van der Waals surface area contributed by atoms with Crippen LogP contribution in [-0.4, -0.2) is 29.3 Å². The van der Waals surface area contributed by atoms with Gasteiger partial charge in [0.2, 0.25) is 5.91 Å². The first-order chi connectivity index (χ1) is 7.01. The second-order valence-electron chi connectivity index (χ2n) is 5.05. The number of amides is 1. The van der Waals surface area contributed by atoms with Gasteiger partial charge in [0.1, 0.15) is 0 Å². The Morgan fingerprint density at radius 2 is 1.93 bits per heavy atom. The predicted octanol–water partition coefficient (Wildman–Crippen LogP) is 3.04. The van der Waals surface area contributed by atoms with Crippen molar-refractivity contribution in [1.29, 1.82) is 0 Å². The molecule has 1 rings (SSSR count). The van der Waals surface area contributed by atoms with Gasteiger partial charge in [0.15, 0.2) is 0 Å². The lowest BCUT2D eigenvalue weighted by molar-refractivity contribution is -0.142. The molecule has 2 nitrogen and oxygen atoms in total. The molecule has 0 unspecified atom stereocenters. The summed E-state index contributed by atoms with van der Waals surface area (Å²) >= 11 is 5.74. The molecule has 0 aromatic carbocycles. The van der Waals surface area contributed by atoms with Gasteiger partial charge >= 0.3 is 0 Å². The van der Waals surface area contributed by atoms with Gasteiger partial charge in [-0.05, 0) is 26.7 Å². The molecule has 3 heteroatoms. The first-order valence-corrected chi connectivity index (χ1v) is 6.42. The Labute approximate surface area is 98.0 Å². The van der Waals surface area contributed by atoms with E-state index < -0.39 is 0 Å². The maximum atomic E-state index is 12.4. The van der Waals surface area contributed by atoms with Gasteiger partial charge < -0.3 is 4.90 Å². The highest BCUT2D eigenvalue weighted by atomic mass is 35.5. The fourth-order valence-electron chi connectivity index (χ4n) is 2.40. The molecular formula is C12H22ClNO. The second kappa shape index (κ2) is 5.20. The monoisotopic (exact) mass is 231 g/mol. The Kier molecular flexibility index (Phi) is 4.45. The van der Waals surface area contributed by atoms with Crippen LogP contribution in [0.2, 0.25) is 0 Å². The van der Waals surface area contributed by atoms with E-state index >= 15 is 0 Å². The number of carbonyl (C=O) groups excluding carboxylic acids is 1. The van der Waals surface area contributed by atoms with Crippen LogP contribution in [0.3, 0.4) is 0 Å². The second-order valence-corrected chi connectivity index (χ2v) is 5.43. The number of hydrogen-bond donors (Lipinski definition) is 0. The number of alkyl halides is 1. The van der Waals surface area contributed by atoms with E-state index in [0.29, 0.717) is 18.3 Å². The molecule has 1 fully saturated rings. The van der Waals surface area contributed by atoms with Crippen LogP contribution < -0.4 is 0 Å². The van der Waals surface area contributed by atoms with E-state index in [1.807, 2.05) is 4.90 Å². The summed E-state index contributed by atoms with van der Waals surface area (Å²) in [4.78, 5) is 14.3. The standard InChI is InChI=1S/C12H22ClNO/c1-10(2)14(9-8-13)11(15)12(3)6-4-5-7-12/h10H,4-9H2,1-3H3. The molecule has 0 heterocycles. The minimum atomic E-state index is -0.115. The third-order valence-electron chi connectivity index (χ3n) is 3.43. The van der Waals surface area contributed by atoms with Crippen molar-refractivity contribution in [2.24, 2.45) is 5.41 Å². The molecule has 0 spiro atoms. The van der Waals surface area contributed by atoms with Crippen molar-refractivity contribution < 1.29 is 4.79 Å². The lowest BCUT2D eigenvalue weighted by Gasteiger charge is -2.34. The lowest BCUT2D eigenvalue weighted by atomic mass is 9.86. The van der Waals surface area contributed by atoms with Gasteiger partial charge in [-0.3, -0.25) is 4.79 Å². The zero-order valence-corrected chi connectivity index (χ0v) is 10.8. The van der Waals surface area contributed by atoms with Crippen LogP contribution in [0.25, 0.3) is 0 Å². The molecule has 0 bridgehead atoms. The average Bonchev–Trinajstić information content (AvgIpc) is 2.61. The topological polar surface area (TPSA) is 20.3 Å². The highest BCUT2D eigenvalue weighted by molar-refractivity contribution is 6.18. The number of nitrogens with zero attached hydrogens (tertiary/aromatic N) is 1. The predicted molar refractivity (Wildman–Crippen MR) is 64.1 cm³/mol. The summed E-state index contributed by atoms with van der Waals surface area (Å²) in [6, 6.07) is 0.258. The van der Waals surface area contributed by atoms with E-state index in [2.05, 4.69) is 20.8 Å². The third kappa shape index (κ3) is 2.87. The minimum absolute atomic E-state index is 0.115. The Morgan fingerprint density at radius 1 is 1.40 bits per heavy atom. The quantitative estimate of drug-likeness (QED) is 0.681. The van der Waals surface area contributed by atoms with Crippen LogP contribution in [0, 0.1) is 5.41 Å². The van der Waals surface area contributed by atoms with Crippen molar-refractivity contribution >= 4 is 17.5 Å². The largest absolute Gasteiger partial charge is 0.339 e. The lowest BCUT2D eigenvalue weighted by Crippen LogP contribution is -2.45. The van der Waals surface area contributed by atoms with Gasteiger partial charge in [-0.15, -0.1) is 11.6 Å². The SMILES string of the molecule is CC(C)N(CCCl)C(=O)C1(C)CCCC1. The highest BCUT2D eigenvalue weighted by Crippen LogP contribution is 2.39. The fourth-order valence-corrected chi connectivity index (χ4v) is 2.58. The molecule has 0 aromatic heterocycles. The van der Waals surface area contributed by atoms with Crippen molar-refractivity contribution in [2.45, 2.75) is 52.5 Å². The van der Waals surface area contributed by atoms with E-state index in [1.165, 1.54) is 12.8 Å². The first-order valence-electron chi connectivity index (χ1n) is 5.88. The molecule has 15 heavy (non-hydrogen) atoms. The molecule has 1 aliphatic carbocycles. The number of carbonyl (C=O) groups is 1. The highest BCUT2D eigenvalue weighted by Gasteiger charge is 2.39. The minimum Gasteiger partial charge on any atom is -0.339 e. The van der Waals surface area contributed by atoms with Crippen molar-refractivity contribution in [1.82, 2.24) is 4.90 Å². The molecule has 1 aliphatic rings. The van der Waals surface area contributed by atoms with Gasteiger partial charge in [-0.25, -0.2) is 0 Å². The number of halogens is 1. The van der Waals surface area contributed by atoms with E-state index in [9.17, 15) is 4.79 Å². The summed E-state index contributed by atoms with van der Waals surface area (Å²) in [6.07, 6.45) is 4.46. The third-order valence-corrected chi connectivity index (χ3v) is 3.60. The van der Waals surface area contributed by atoms with E-state index in [-0.39, 0.29) is 11.5 Å². The van der Waals surface area contributed by atoms with Gasteiger partial charge in [0, 0.05) is 23.9 Å². The number of hydrogen-bond acceptors (Lipinski definition) is 1. The smallest absolute Gasteiger partial charge is 0.228 e. The number of rotatable bonds is 4. The van der Waals surface area contributed by atoms with Gasteiger partial charge in [-0.1, -0.05) is 19.8 Å². The van der Waals surface area contributed by atoms with E-state index in [0.717, 1.165) is 12.8 Å². The normalized spacial score (nSPS) is 19.5. The van der Waals surface area contributed by atoms with Crippen LogP contribution in [0.1, 0.15) is 46.5 Å².